The lowest BCUT2D eigenvalue weighted by molar-refractivity contribution is -0.135. The molecule has 0 radical (unpaired) electrons. The van der Waals surface area contributed by atoms with E-state index in [1.165, 1.54) is 31.2 Å². The number of ketones is 1. The van der Waals surface area contributed by atoms with Crippen LogP contribution in [-0.4, -0.2) is 35.2 Å². The van der Waals surface area contributed by atoms with Crippen LogP contribution in [0.15, 0.2) is 24.3 Å². The van der Waals surface area contributed by atoms with Crippen LogP contribution in [0.1, 0.15) is 23.7 Å². The zero-order valence-corrected chi connectivity index (χ0v) is 10.8. The first kappa shape index (κ1) is 15.4. The van der Waals surface area contributed by atoms with Crippen molar-refractivity contribution in [1.29, 1.82) is 0 Å². The molecule has 0 fully saturated rings. The molecule has 0 spiro atoms. The number of aliphatic carboxylic acids is 1. The minimum absolute atomic E-state index is 0.207. The Morgan fingerprint density at radius 3 is 2.20 bits per heavy atom. The molecule has 0 saturated carbocycles. The minimum atomic E-state index is -1.13. The first-order valence-corrected chi connectivity index (χ1v) is 5.78. The Morgan fingerprint density at radius 1 is 1.10 bits per heavy atom. The lowest BCUT2D eigenvalue weighted by atomic mass is 10.2. The highest BCUT2D eigenvalue weighted by Gasteiger charge is 2.08. The highest BCUT2D eigenvalue weighted by molar-refractivity contribution is 6.03. The largest absolute Gasteiger partial charge is 0.480 e. The van der Waals surface area contributed by atoms with Gasteiger partial charge in [0, 0.05) is 11.3 Å². The van der Waals surface area contributed by atoms with Crippen molar-refractivity contribution in [3.8, 4) is 0 Å². The molecule has 0 aromatic heterocycles. The molecular formula is C13H14N2O5. The molecule has 1 aromatic carbocycles. The molecule has 0 bridgehead atoms. The number of carbonyl (C=O) groups excluding carboxylic acids is 3. The second-order valence-corrected chi connectivity index (χ2v) is 4.08. The Morgan fingerprint density at radius 2 is 1.70 bits per heavy atom. The Balaban J connectivity index is 2.60. The molecule has 106 valence electrons. The summed E-state index contributed by atoms with van der Waals surface area (Å²) >= 11 is 0. The van der Waals surface area contributed by atoms with Gasteiger partial charge < -0.3 is 15.7 Å². The normalized spacial score (nSPS) is 9.65. The monoisotopic (exact) mass is 278 g/mol. The molecule has 7 nitrogen and oxygen atoms in total. The average molecular weight is 278 g/mol. The zero-order chi connectivity index (χ0) is 15.1. The molecule has 2 amide bonds. The van der Waals surface area contributed by atoms with E-state index >= 15 is 0 Å². The minimum Gasteiger partial charge on any atom is -0.480 e. The van der Waals surface area contributed by atoms with E-state index < -0.39 is 24.3 Å². The number of nitrogens with one attached hydrogen (secondary N) is 2. The first-order chi connectivity index (χ1) is 9.38. The maximum absolute atomic E-state index is 11.5. The third-order valence-corrected chi connectivity index (χ3v) is 2.24. The van der Waals surface area contributed by atoms with Gasteiger partial charge in [0.2, 0.25) is 5.91 Å². The summed E-state index contributed by atoms with van der Waals surface area (Å²) in [6, 6.07) is 5.88. The van der Waals surface area contributed by atoms with Gasteiger partial charge in [0.15, 0.2) is 0 Å². The van der Waals surface area contributed by atoms with Crippen LogP contribution in [0.5, 0.6) is 0 Å². The second kappa shape index (κ2) is 7.03. The predicted octanol–water partition coefficient (Wildman–Crippen LogP) is 0.419. The number of anilines is 1. The third kappa shape index (κ3) is 5.30. The van der Waals surface area contributed by atoms with Crippen LogP contribution in [-0.2, 0) is 14.4 Å². The lowest BCUT2D eigenvalue weighted by Crippen LogP contribution is -2.29. The second-order valence-electron chi connectivity index (χ2n) is 4.08. The molecular weight excluding hydrogens is 264 g/mol. The lowest BCUT2D eigenvalue weighted by Gasteiger charge is -2.06. The van der Waals surface area contributed by atoms with E-state index in [9.17, 15) is 19.2 Å². The van der Waals surface area contributed by atoms with Crippen molar-refractivity contribution in [3.05, 3.63) is 29.8 Å². The Bertz CT molecular complexity index is 536. The van der Waals surface area contributed by atoms with Crippen LogP contribution in [0.2, 0.25) is 0 Å². The molecule has 0 saturated heterocycles. The van der Waals surface area contributed by atoms with Gasteiger partial charge in [-0.2, -0.15) is 0 Å². The summed E-state index contributed by atoms with van der Waals surface area (Å²) in [4.78, 5) is 43.9. The molecule has 0 heterocycles. The Hall–Kier alpha value is -2.70. The molecule has 20 heavy (non-hydrogen) atoms. The molecule has 0 unspecified atom stereocenters. The van der Waals surface area contributed by atoms with Crippen molar-refractivity contribution in [2.24, 2.45) is 0 Å². The average Bonchev–Trinajstić information content (AvgIpc) is 2.35. The molecule has 0 aliphatic carbocycles. The fraction of sp³-hybridized carbons (Fsp3) is 0.231. The van der Waals surface area contributed by atoms with E-state index in [1.807, 2.05) is 0 Å². The molecule has 0 atom stereocenters. The number of rotatable bonds is 6. The van der Waals surface area contributed by atoms with E-state index in [4.69, 9.17) is 5.11 Å². The van der Waals surface area contributed by atoms with E-state index in [0.717, 1.165) is 0 Å². The van der Waals surface area contributed by atoms with E-state index in [2.05, 4.69) is 10.6 Å². The summed E-state index contributed by atoms with van der Waals surface area (Å²) < 4.78 is 0. The smallest absolute Gasteiger partial charge is 0.322 e. The molecule has 3 N–H and O–H groups in total. The van der Waals surface area contributed by atoms with Crippen molar-refractivity contribution in [3.63, 3.8) is 0 Å². The maximum atomic E-state index is 11.5. The van der Waals surface area contributed by atoms with Gasteiger partial charge >= 0.3 is 5.97 Å². The van der Waals surface area contributed by atoms with E-state index in [1.54, 1.807) is 0 Å². The molecule has 0 aliphatic rings. The van der Waals surface area contributed by atoms with Crippen molar-refractivity contribution >= 4 is 29.3 Å². The van der Waals surface area contributed by atoms with Gasteiger partial charge in [-0.15, -0.1) is 0 Å². The van der Waals surface area contributed by atoms with Crippen LogP contribution in [0.3, 0.4) is 0 Å². The van der Waals surface area contributed by atoms with Gasteiger partial charge in [-0.25, -0.2) is 0 Å². The first-order valence-electron chi connectivity index (χ1n) is 5.78. The fourth-order valence-electron chi connectivity index (χ4n) is 1.39. The van der Waals surface area contributed by atoms with Gasteiger partial charge in [0.25, 0.3) is 5.91 Å². The van der Waals surface area contributed by atoms with Gasteiger partial charge in [-0.05, 0) is 31.2 Å². The third-order valence-electron chi connectivity index (χ3n) is 2.24. The quantitative estimate of drug-likeness (QED) is 0.653. The summed E-state index contributed by atoms with van der Waals surface area (Å²) in [5.41, 5.74) is 0.724. The topological polar surface area (TPSA) is 113 Å². The van der Waals surface area contributed by atoms with Gasteiger partial charge in [-0.1, -0.05) is 0 Å². The number of Topliss-reactive ketones (excluding diaryl/α,β-unsaturated/α-hetero) is 1. The summed E-state index contributed by atoms with van der Waals surface area (Å²) in [6.45, 7) is 0.853. The number of hydrogen-bond acceptors (Lipinski definition) is 4. The number of benzene rings is 1. The van der Waals surface area contributed by atoms with Crippen LogP contribution in [0, 0.1) is 0 Å². The molecule has 0 aliphatic heterocycles. The van der Waals surface area contributed by atoms with Crippen molar-refractivity contribution in [2.75, 3.05) is 11.9 Å². The van der Waals surface area contributed by atoms with E-state index in [0.29, 0.717) is 5.69 Å². The number of carbonyl (C=O) groups is 4. The summed E-state index contributed by atoms with van der Waals surface area (Å²) in [5.74, 6) is -2.33. The highest BCUT2D eigenvalue weighted by Crippen LogP contribution is 2.10. The SMILES string of the molecule is CC(=O)CC(=O)Nc1ccc(C(=O)NCC(=O)O)cc1. The number of amides is 2. The number of hydrogen-bond donors (Lipinski definition) is 3. The highest BCUT2D eigenvalue weighted by atomic mass is 16.4. The van der Waals surface area contributed by atoms with Gasteiger partial charge in [0.1, 0.15) is 12.3 Å². The van der Waals surface area contributed by atoms with E-state index in [-0.39, 0.29) is 17.8 Å². The number of carboxylic acid groups (broad SMARTS) is 1. The van der Waals surface area contributed by atoms with Crippen LogP contribution in [0.25, 0.3) is 0 Å². The molecule has 1 rings (SSSR count). The molecule has 1 aromatic rings. The predicted molar refractivity (Wildman–Crippen MR) is 70.3 cm³/mol. The fourth-order valence-corrected chi connectivity index (χ4v) is 1.39. The summed E-state index contributed by atoms with van der Waals surface area (Å²) in [7, 11) is 0. The van der Waals surface area contributed by atoms with Crippen molar-refractivity contribution in [2.45, 2.75) is 13.3 Å². The van der Waals surface area contributed by atoms with Crippen LogP contribution in [0.4, 0.5) is 5.69 Å². The summed E-state index contributed by atoms with van der Waals surface area (Å²) in [6.07, 6.45) is -0.207. The Kier molecular flexibility index (Phi) is 5.40. The number of carboxylic acids is 1. The van der Waals surface area contributed by atoms with Crippen LogP contribution >= 0.6 is 0 Å². The van der Waals surface area contributed by atoms with Gasteiger partial charge in [-0.3, -0.25) is 19.2 Å². The standard InChI is InChI=1S/C13H14N2O5/c1-8(16)6-11(17)15-10-4-2-9(3-5-10)13(20)14-7-12(18)19/h2-5H,6-7H2,1H3,(H,14,20)(H,15,17)(H,18,19). The zero-order valence-electron chi connectivity index (χ0n) is 10.8. The van der Waals surface area contributed by atoms with Gasteiger partial charge in [0.05, 0.1) is 6.42 Å². The molecule has 7 heteroatoms. The van der Waals surface area contributed by atoms with Crippen LogP contribution < -0.4 is 10.6 Å². The summed E-state index contributed by atoms with van der Waals surface area (Å²) in [5, 5.41) is 13.2. The maximum Gasteiger partial charge on any atom is 0.322 e. The van der Waals surface area contributed by atoms with Crippen molar-refractivity contribution in [1.82, 2.24) is 5.32 Å². The van der Waals surface area contributed by atoms with Crippen molar-refractivity contribution < 1.29 is 24.3 Å². The Labute approximate surface area is 115 Å².